The third kappa shape index (κ3) is 4.90. The molecule has 0 saturated heterocycles. The summed E-state index contributed by atoms with van der Waals surface area (Å²) in [5.74, 6) is 0. The van der Waals surface area contributed by atoms with Crippen LogP contribution in [0, 0.1) is 5.41 Å². The maximum absolute atomic E-state index is 4.24. The van der Waals surface area contributed by atoms with Crippen LogP contribution in [0.2, 0.25) is 0 Å². The molecule has 1 aromatic rings. The number of unbranched alkanes of at least 4 members (excludes halogenated alkanes) is 2. The van der Waals surface area contributed by atoms with Gasteiger partial charge in [-0.25, -0.2) is 4.98 Å². The zero-order valence-electron chi connectivity index (χ0n) is 11.8. The third-order valence-corrected chi connectivity index (χ3v) is 3.21. The molecule has 1 rings (SSSR count). The van der Waals surface area contributed by atoms with E-state index in [1.54, 1.807) is 0 Å². The first-order valence-electron chi connectivity index (χ1n) is 6.72. The van der Waals surface area contributed by atoms with Crippen molar-refractivity contribution in [3.63, 3.8) is 0 Å². The predicted molar refractivity (Wildman–Crippen MR) is 72.9 cm³/mol. The van der Waals surface area contributed by atoms with Crippen LogP contribution in [0.1, 0.15) is 52.1 Å². The zero-order valence-corrected chi connectivity index (χ0v) is 11.8. The van der Waals surface area contributed by atoms with E-state index in [0.717, 1.165) is 13.1 Å². The number of hydrogen-bond donors (Lipinski definition) is 1. The Kier molecular flexibility index (Phi) is 5.69. The molecule has 1 heterocycles. The normalized spacial score (nSPS) is 12.0. The van der Waals surface area contributed by atoms with Gasteiger partial charge in [-0.05, 0) is 18.9 Å². The van der Waals surface area contributed by atoms with Crippen LogP contribution >= 0.6 is 0 Å². The van der Waals surface area contributed by atoms with E-state index in [-0.39, 0.29) is 0 Å². The Balaban J connectivity index is 2.52. The minimum absolute atomic E-state index is 0.359. The van der Waals surface area contributed by atoms with Gasteiger partial charge in [0.25, 0.3) is 0 Å². The highest BCUT2D eigenvalue weighted by Crippen LogP contribution is 2.26. The smallest absolute Gasteiger partial charge is 0.0948 e. The second-order valence-electron chi connectivity index (χ2n) is 5.66. The highest BCUT2D eigenvalue weighted by atomic mass is 15.1. The second-order valence-corrected chi connectivity index (χ2v) is 5.66. The average Bonchev–Trinajstić information content (AvgIpc) is 2.66. The number of aromatic nitrogens is 2. The van der Waals surface area contributed by atoms with Gasteiger partial charge in [-0.15, -0.1) is 0 Å². The van der Waals surface area contributed by atoms with Gasteiger partial charge in [0.15, 0.2) is 0 Å². The SMILES string of the molecule is CCCCCC(C)(C)Cn1cncc1CNC. The van der Waals surface area contributed by atoms with E-state index in [1.165, 1.54) is 31.4 Å². The number of hydrogen-bond acceptors (Lipinski definition) is 2. The molecule has 3 heteroatoms. The Morgan fingerprint density at radius 2 is 2.12 bits per heavy atom. The largest absolute Gasteiger partial charge is 0.333 e. The molecule has 98 valence electrons. The van der Waals surface area contributed by atoms with Crippen LogP contribution in [0.4, 0.5) is 0 Å². The molecule has 0 aliphatic heterocycles. The van der Waals surface area contributed by atoms with Crippen molar-refractivity contribution >= 4 is 0 Å². The predicted octanol–water partition coefficient (Wildman–Crippen LogP) is 3.21. The van der Waals surface area contributed by atoms with Crippen molar-refractivity contribution < 1.29 is 0 Å². The van der Waals surface area contributed by atoms with Gasteiger partial charge in [-0.2, -0.15) is 0 Å². The summed E-state index contributed by atoms with van der Waals surface area (Å²) in [4.78, 5) is 4.24. The summed E-state index contributed by atoms with van der Waals surface area (Å²) in [5, 5.41) is 3.19. The first kappa shape index (κ1) is 14.2. The van der Waals surface area contributed by atoms with Crippen LogP contribution in [0.5, 0.6) is 0 Å². The average molecular weight is 237 g/mol. The van der Waals surface area contributed by atoms with Crippen molar-refractivity contribution in [2.75, 3.05) is 7.05 Å². The minimum atomic E-state index is 0.359. The molecule has 0 aliphatic carbocycles. The molecular weight excluding hydrogens is 210 g/mol. The molecule has 0 saturated carbocycles. The molecule has 0 aliphatic rings. The van der Waals surface area contributed by atoms with E-state index < -0.39 is 0 Å². The molecule has 1 N–H and O–H groups in total. The van der Waals surface area contributed by atoms with Crippen molar-refractivity contribution in [3.8, 4) is 0 Å². The number of rotatable bonds is 8. The van der Waals surface area contributed by atoms with Crippen molar-refractivity contribution in [2.24, 2.45) is 5.41 Å². The number of nitrogens with zero attached hydrogens (tertiary/aromatic N) is 2. The Hall–Kier alpha value is -0.830. The quantitative estimate of drug-likeness (QED) is 0.704. The van der Waals surface area contributed by atoms with Crippen LogP contribution in [-0.2, 0) is 13.1 Å². The summed E-state index contributed by atoms with van der Waals surface area (Å²) in [7, 11) is 1.98. The molecule has 0 amide bonds. The van der Waals surface area contributed by atoms with Crippen molar-refractivity contribution in [3.05, 3.63) is 18.2 Å². The van der Waals surface area contributed by atoms with Crippen LogP contribution in [0.3, 0.4) is 0 Å². The molecule has 0 unspecified atom stereocenters. The number of imidazole rings is 1. The third-order valence-electron chi connectivity index (χ3n) is 3.21. The molecule has 0 atom stereocenters. The molecule has 0 spiro atoms. The lowest BCUT2D eigenvalue weighted by Crippen LogP contribution is -2.22. The van der Waals surface area contributed by atoms with E-state index in [4.69, 9.17) is 0 Å². The van der Waals surface area contributed by atoms with Gasteiger partial charge in [0.1, 0.15) is 0 Å². The van der Waals surface area contributed by atoms with Gasteiger partial charge in [0.05, 0.1) is 12.0 Å². The maximum atomic E-state index is 4.24. The van der Waals surface area contributed by atoms with Crippen molar-refractivity contribution in [1.29, 1.82) is 0 Å². The monoisotopic (exact) mass is 237 g/mol. The maximum Gasteiger partial charge on any atom is 0.0948 e. The fourth-order valence-corrected chi connectivity index (χ4v) is 2.21. The van der Waals surface area contributed by atoms with Crippen molar-refractivity contribution in [1.82, 2.24) is 14.9 Å². The Bertz CT molecular complexity index is 315. The molecule has 17 heavy (non-hydrogen) atoms. The molecule has 1 aromatic heterocycles. The molecule has 3 nitrogen and oxygen atoms in total. The molecule has 0 aromatic carbocycles. The highest BCUT2D eigenvalue weighted by molar-refractivity contribution is 4.98. The standard InChI is InChI=1S/C14H27N3/c1-5-6-7-8-14(2,3)11-17-12-16-10-13(17)9-15-4/h10,12,15H,5-9,11H2,1-4H3. The summed E-state index contributed by atoms with van der Waals surface area (Å²) in [5.41, 5.74) is 1.63. The number of nitrogens with one attached hydrogen (secondary N) is 1. The Morgan fingerprint density at radius 3 is 2.76 bits per heavy atom. The highest BCUT2D eigenvalue weighted by Gasteiger charge is 2.19. The molecule has 0 fully saturated rings. The first-order chi connectivity index (χ1) is 8.09. The lowest BCUT2D eigenvalue weighted by molar-refractivity contribution is 0.268. The Morgan fingerprint density at radius 1 is 1.35 bits per heavy atom. The van der Waals surface area contributed by atoms with Crippen LogP contribution < -0.4 is 5.32 Å². The lowest BCUT2D eigenvalue weighted by atomic mass is 9.86. The van der Waals surface area contributed by atoms with Crippen molar-refractivity contribution in [2.45, 2.75) is 59.5 Å². The van der Waals surface area contributed by atoms with Crippen LogP contribution in [-0.4, -0.2) is 16.6 Å². The van der Waals surface area contributed by atoms with Gasteiger partial charge < -0.3 is 9.88 Å². The summed E-state index contributed by atoms with van der Waals surface area (Å²) >= 11 is 0. The summed E-state index contributed by atoms with van der Waals surface area (Å²) in [6, 6.07) is 0. The van der Waals surface area contributed by atoms with Crippen LogP contribution in [0.15, 0.2) is 12.5 Å². The first-order valence-corrected chi connectivity index (χ1v) is 6.72. The topological polar surface area (TPSA) is 29.9 Å². The zero-order chi connectivity index (χ0) is 12.7. The van der Waals surface area contributed by atoms with Gasteiger partial charge in [0.2, 0.25) is 0 Å². The van der Waals surface area contributed by atoms with Gasteiger partial charge in [-0.3, -0.25) is 0 Å². The van der Waals surface area contributed by atoms with E-state index in [9.17, 15) is 0 Å². The second kappa shape index (κ2) is 6.80. The van der Waals surface area contributed by atoms with Gasteiger partial charge in [-0.1, -0.05) is 40.0 Å². The van der Waals surface area contributed by atoms with Gasteiger partial charge in [0, 0.05) is 19.3 Å². The summed E-state index contributed by atoms with van der Waals surface area (Å²) in [6.07, 6.45) is 9.17. The molecule has 0 radical (unpaired) electrons. The lowest BCUT2D eigenvalue weighted by Gasteiger charge is -2.26. The molecule has 0 bridgehead atoms. The van der Waals surface area contributed by atoms with E-state index in [1.807, 2.05) is 19.6 Å². The van der Waals surface area contributed by atoms with Gasteiger partial charge >= 0.3 is 0 Å². The summed E-state index contributed by atoms with van der Waals surface area (Å²) < 4.78 is 2.28. The van der Waals surface area contributed by atoms with Crippen LogP contribution in [0.25, 0.3) is 0 Å². The van der Waals surface area contributed by atoms with E-state index in [2.05, 4.69) is 35.6 Å². The fraction of sp³-hybridized carbons (Fsp3) is 0.786. The molecular formula is C14H27N3. The minimum Gasteiger partial charge on any atom is -0.333 e. The fourth-order valence-electron chi connectivity index (χ4n) is 2.21. The van der Waals surface area contributed by atoms with E-state index >= 15 is 0 Å². The van der Waals surface area contributed by atoms with E-state index in [0.29, 0.717) is 5.41 Å². The Labute approximate surface area is 106 Å². The summed E-state index contributed by atoms with van der Waals surface area (Å²) in [6.45, 7) is 8.92.